The van der Waals surface area contributed by atoms with Gasteiger partial charge in [-0.2, -0.15) is 0 Å². The normalized spacial score (nSPS) is 9.45. The van der Waals surface area contributed by atoms with E-state index in [4.69, 9.17) is 5.21 Å². The van der Waals surface area contributed by atoms with Crippen LogP contribution in [0.5, 0.6) is 0 Å². The van der Waals surface area contributed by atoms with Crippen LogP contribution in [-0.4, -0.2) is 20.4 Å². The zero-order chi connectivity index (χ0) is 6.97. The van der Waals surface area contributed by atoms with Crippen molar-refractivity contribution < 1.29 is 5.21 Å². The molecule has 0 spiro atoms. The van der Waals surface area contributed by atoms with Crippen molar-refractivity contribution >= 4 is 11.0 Å². The van der Waals surface area contributed by atoms with Crippen LogP contribution >= 0.6 is 0 Å². The molecule has 1 N–H and O–H groups in total. The molecular weight excluding hydrogens is 389 g/mol. The third kappa shape index (κ3) is 0.718. The van der Waals surface area contributed by atoms with Crippen LogP contribution in [0.25, 0.3) is 11.0 Å². The van der Waals surface area contributed by atoms with Crippen LogP contribution < -0.4 is 0 Å². The Labute approximate surface area is 56.7 Å². The van der Waals surface area contributed by atoms with Crippen molar-refractivity contribution in [3.8, 4) is 0 Å². The van der Waals surface area contributed by atoms with E-state index < -0.39 is 0 Å². The van der Waals surface area contributed by atoms with Crippen molar-refractivity contribution in [3.05, 3.63) is 24.3 Å². The van der Waals surface area contributed by atoms with Crippen molar-refractivity contribution in [2.75, 3.05) is 0 Å². The predicted octanol–water partition coefficient (Wildman–Crippen LogP) is 0.669. The third-order valence-corrected chi connectivity index (χ3v) is 1.33. The molecule has 1 aromatic carbocycles. The van der Waals surface area contributed by atoms with E-state index in [0.717, 1.165) is 4.85 Å². The van der Waals surface area contributed by atoms with Crippen molar-refractivity contribution in [2.45, 2.75) is 0 Å². The molecule has 2 rings (SSSR count). The summed E-state index contributed by atoms with van der Waals surface area (Å²) in [6.45, 7) is 0. The van der Waals surface area contributed by atoms with Gasteiger partial charge in [0.25, 0.3) is 0 Å². The molecule has 0 atom stereocenters. The molecule has 0 saturated carbocycles. The second-order valence-electron chi connectivity index (χ2n) is 1.97. The van der Waals surface area contributed by atoms with Gasteiger partial charge in [0.2, 0.25) is 0 Å². The molecule has 1 heterocycles. The van der Waals surface area contributed by atoms with Gasteiger partial charge in [0.05, 0.1) is 0 Å². The molecule has 0 amide bonds. The summed E-state index contributed by atoms with van der Waals surface area (Å²) < 4.78 is 0. The molecule has 0 fully saturated rings. The maximum absolute atomic E-state index is 8.95. The van der Waals surface area contributed by atoms with Crippen LogP contribution in [0.1, 0.15) is 0 Å². The summed E-state index contributed by atoms with van der Waals surface area (Å²) in [4.78, 5) is 0.759. The first-order chi connectivity index (χ1) is 4.88. The molecule has 4 nitrogen and oxygen atoms in total. The average molecular weight is 394 g/mol. The first-order valence-corrected chi connectivity index (χ1v) is 2.87. The van der Waals surface area contributed by atoms with E-state index >= 15 is 0 Å². The molecule has 1 aromatic heterocycles. The maximum atomic E-state index is 8.95. The molecule has 0 aliphatic carbocycles. The van der Waals surface area contributed by atoms with Gasteiger partial charge in [0, 0.05) is 0 Å². The smallest absolute Gasteiger partial charge is 0.130 e. The van der Waals surface area contributed by atoms with Crippen molar-refractivity contribution in [3.63, 3.8) is 0 Å². The number of hydrogen-bond acceptors (Lipinski definition) is 3. The number of aromatic nitrogens is 3. The Morgan fingerprint density at radius 3 is 2.73 bits per heavy atom. The standard InChI is InChI=1S/C6H5N3O.No/c10-9-6-4-2-1-3-5(6)7-8-9;/h1-4,10H;. The minimum Gasteiger partial charge on any atom is -0.410 e. The molecule has 64 valence electrons. The molecule has 0 unspecified atom stereocenters. The molecule has 0 bridgehead atoms. The summed E-state index contributed by atoms with van der Waals surface area (Å²) in [5, 5.41) is 16.1. The first kappa shape index (κ1) is 6.54. The van der Waals surface area contributed by atoms with E-state index in [1.54, 1.807) is 12.1 Å². The number of nitrogens with zero attached hydrogens (tertiary/aromatic N) is 3. The van der Waals surface area contributed by atoms with Crippen molar-refractivity contribution in [1.29, 1.82) is 0 Å². The quantitative estimate of drug-likeness (QED) is 0.669. The van der Waals surface area contributed by atoms with Crippen molar-refractivity contribution in [1.82, 2.24) is 15.2 Å². The summed E-state index contributed by atoms with van der Waals surface area (Å²) in [5.41, 5.74) is 1.33. The van der Waals surface area contributed by atoms with Crippen LogP contribution in [0.2, 0.25) is 0 Å². The van der Waals surface area contributed by atoms with Gasteiger partial charge in [-0.1, -0.05) is 17.0 Å². The minimum absolute atomic E-state index is 0. The number of rotatable bonds is 0. The van der Waals surface area contributed by atoms with E-state index in [0.29, 0.717) is 11.0 Å². The third-order valence-electron chi connectivity index (χ3n) is 1.33. The van der Waals surface area contributed by atoms with E-state index in [-0.39, 0.29) is 0 Å². The molecule has 5 heteroatoms. The molecule has 0 aliphatic rings. The zero-order valence-electron chi connectivity index (χ0n) is 5.37. The Balaban J connectivity index is 0.000000605. The predicted molar refractivity (Wildman–Crippen MR) is 34.7 cm³/mol. The van der Waals surface area contributed by atoms with Gasteiger partial charge in [-0.3, -0.25) is 0 Å². The van der Waals surface area contributed by atoms with Gasteiger partial charge in [-0.05, 0) is 17.3 Å². The largest absolute Gasteiger partial charge is 0.410 e. The van der Waals surface area contributed by atoms with Gasteiger partial charge < -0.3 is 5.21 Å². The fourth-order valence-electron chi connectivity index (χ4n) is 0.857. The van der Waals surface area contributed by atoms with E-state index in [2.05, 4.69) is 10.3 Å². The number of benzene rings is 1. The second kappa shape index (κ2) is 1.98. The Morgan fingerprint density at radius 1 is 1.27 bits per heavy atom. The Morgan fingerprint density at radius 2 is 2.00 bits per heavy atom. The van der Waals surface area contributed by atoms with Gasteiger partial charge >= 0.3 is 0 Å². The summed E-state index contributed by atoms with van der Waals surface area (Å²) >= 11 is 0. The number of hydrogen-bond donors (Lipinski definition) is 1. The van der Waals surface area contributed by atoms with E-state index in [1.807, 2.05) is 12.1 Å². The van der Waals surface area contributed by atoms with Crippen LogP contribution in [0.15, 0.2) is 24.3 Å². The Hall–Kier alpha value is -2.58. The molecule has 0 saturated heterocycles. The monoisotopic (exact) mass is 394 g/mol. The summed E-state index contributed by atoms with van der Waals surface area (Å²) in [7, 11) is 0. The number of fused-ring (bicyclic) bond motifs is 1. The zero-order valence-corrected chi connectivity index (χ0v) is 7.59. The molecule has 2 aromatic rings. The molecule has 0 radical (unpaired) electrons. The summed E-state index contributed by atoms with van der Waals surface area (Å²) in [5.74, 6) is 0. The van der Waals surface area contributed by atoms with Crippen molar-refractivity contribution in [2.24, 2.45) is 0 Å². The fourth-order valence-corrected chi connectivity index (χ4v) is 0.857. The van der Waals surface area contributed by atoms with Crippen LogP contribution in [0.4, 0.5) is 0 Å². The second-order valence-corrected chi connectivity index (χ2v) is 1.97. The Kier molecular flexibility index (Phi) is 1.18. The minimum atomic E-state index is 0. The van der Waals surface area contributed by atoms with Gasteiger partial charge in [-0.15, -0.1) is 5.10 Å². The van der Waals surface area contributed by atoms with Gasteiger partial charge in [0.15, 0.2) is 0 Å². The Bertz CT molecular complexity index is 359. The average Bonchev–Trinajstić information content (AvgIpc) is 2.34. The van der Waals surface area contributed by atoms with Gasteiger partial charge in [0.1, 0.15) is 11.0 Å². The van der Waals surface area contributed by atoms with E-state index in [9.17, 15) is 0 Å². The van der Waals surface area contributed by atoms with Gasteiger partial charge in [-0.25, -0.2) is 0 Å². The topological polar surface area (TPSA) is 50.9 Å². The van der Waals surface area contributed by atoms with Crippen LogP contribution in [-0.2, 0) is 0 Å². The first-order valence-electron chi connectivity index (χ1n) is 2.87. The summed E-state index contributed by atoms with van der Waals surface area (Å²) in [6, 6.07) is 7.19. The molecule has 11 heavy (non-hydrogen) atoms. The van der Waals surface area contributed by atoms with Crippen LogP contribution in [0, 0.1) is 0 Å². The maximum Gasteiger partial charge on any atom is 0.130 e. The molecule has 0 aliphatic heterocycles. The molecular formula is C6H5N3NoO. The van der Waals surface area contributed by atoms with E-state index in [1.165, 1.54) is 0 Å². The SMILES string of the molecule is On1nnc2ccccc21.[No]. The number of para-hydroxylation sites is 1. The fraction of sp³-hybridized carbons (Fsp3) is 0. The summed E-state index contributed by atoms with van der Waals surface area (Å²) in [6.07, 6.45) is 0. The van der Waals surface area contributed by atoms with Crippen LogP contribution in [0.3, 0.4) is 0 Å².